The summed E-state index contributed by atoms with van der Waals surface area (Å²) in [6.07, 6.45) is 0. The number of aryl methyl sites for hydroxylation is 1. The summed E-state index contributed by atoms with van der Waals surface area (Å²) in [7, 11) is 0. The van der Waals surface area contributed by atoms with Gasteiger partial charge in [0.15, 0.2) is 0 Å². The normalized spacial score (nSPS) is 10.3. The molecular weight excluding hydrogens is 263 g/mol. The van der Waals surface area contributed by atoms with Gasteiger partial charge >= 0.3 is 0 Å². The molecule has 4 heteroatoms. The standard InChI is InChI=1S/C15H16ClFN2/c1-11-3-2-4-12(9-11)18-7-8-19-13-5-6-15(17)14(16)10-13/h2-6,9-10,18-19H,7-8H2,1H3. The van der Waals surface area contributed by atoms with Crippen molar-refractivity contribution in [3.05, 3.63) is 58.9 Å². The molecule has 0 fully saturated rings. The molecule has 0 aromatic heterocycles. The van der Waals surface area contributed by atoms with Crippen LogP contribution in [-0.4, -0.2) is 13.1 Å². The van der Waals surface area contributed by atoms with Crippen LogP contribution in [0, 0.1) is 12.7 Å². The lowest BCUT2D eigenvalue weighted by Crippen LogP contribution is -2.13. The molecule has 2 aromatic rings. The monoisotopic (exact) mass is 278 g/mol. The predicted octanol–water partition coefficient (Wildman–Crippen LogP) is 4.31. The molecule has 0 spiro atoms. The average Bonchev–Trinajstić information content (AvgIpc) is 2.39. The Morgan fingerprint density at radius 2 is 1.68 bits per heavy atom. The molecule has 2 rings (SSSR count). The van der Waals surface area contributed by atoms with Gasteiger partial charge in [0.2, 0.25) is 0 Å². The van der Waals surface area contributed by atoms with Crippen molar-refractivity contribution in [2.24, 2.45) is 0 Å². The second kappa shape index (κ2) is 6.43. The van der Waals surface area contributed by atoms with E-state index in [1.807, 2.05) is 12.1 Å². The lowest BCUT2D eigenvalue weighted by atomic mass is 10.2. The molecule has 0 unspecified atom stereocenters. The molecule has 0 aliphatic rings. The third kappa shape index (κ3) is 4.14. The maximum absolute atomic E-state index is 13.0. The number of benzene rings is 2. The summed E-state index contributed by atoms with van der Waals surface area (Å²) >= 11 is 5.71. The van der Waals surface area contributed by atoms with Crippen LogP contribution in [-0.2, 0) is 0 Å². The summed E-state index contributed by atoms with van der Waals surface area (Å²) in [4.78, 5) is 0. The van der Waals surface area contributed by atoms with E-state index in [1.54, 1.807) is 12.1 Å². The first-order valence-electron chi connectivity index (χ1n) is 6.14. The van der Waals surface area contributed by atoms with Crippen molar-refractivity contribution in [3.8, 4) is 0 Å². The van der Waals surface area contributed by atoms with Crippen LogP contribution in [0.2, 0.25) is 5.02 Å². The number of halogens is 2. The fourth-order valence-electron chi connectivity index (χ4n) is 1.77. The minimum absolute atomic E-state index is 0.136. The zero-order chi connectivity index (χ0) is 13.7. The number of nitrogens with one attached hydrogen (secondary N) is 2. The molecule has 2 nitrogen and oxygen atoms in total. The average molecular weight is 279 g/mol. The van der Waals surface area contributed by atoms with Crippen molar-refractivity contribution in [3.63, 3.8) is 0 Å². The number of hydrogen-bond donors (Lipinski definition) is 2. The Hall–Kier alpha value is -1.74. The number of anilines is 2. The van der Waals surface area contributed by atoms with Crippen LogP contribution in [0.15, 0.2) is 42.5 Å². The topological polar surface area (TPSA) is 24.1 Å². The van der Waals surface area contributed by atoms with Crippen molar-refractivity contribution < 1.29 is 4.39 Å². The Morgan fingerprint density at radius 3 is 2.32 bits per heavy atom. The zero-order valence-electron chi connectivity index (χ0n) is 10.7. The minimum Gasteiger partial charge on any atom is -0.383 e. The molecular formula is C15H16ClFN2. The third-order valence-electron chi connectivity index (χ3n) is 2.72. The first kappa shape index (κ1) is 13.7. The summed E-state index contributed by atoms with van der Waals surface area (Å²) in [5.41, 5.74) is 3.14. The van der Waals surface area contributed by atoms with Crippen molar-refractivity contribution in [1.29, 1.82) is 0 Å². The maximum Gasteiger partial charge on any atom is 0.141 e. The van der Waals surface area contributed by atoms with Crippen LogP contribution in [0.4, 0.5) is 15.8 Å². The molecule has 100 valence electrons. The number of hydrogen-bond acceptors (Lipinski definition) is 2. The van der Waals surface area contributed by atoms with Crippen molar-refractivity contribution in [2.75, 3.05) is 23.7 Å². The summed E-state index contributed by atoms with van der Waals surface area (Å²) in [5.74, 6) is -0.398. The van der Waals surface area contributed by atoms with Gasteiger partial charge in [-0.2, -0.15) is 0 Å². The fraction of sp³-hybridized carbons (Fsp3) is 0.200. The van der Waals surface area contributed by atoms with Crippen molar-refractivity contribution >= 4 is 23.0 Å². The lowest BCUT2D eigenvalue weighted by molar-refractivity contribution is 0.628. The first-order chi connectivity index (χ1) is 9.15. The highest BCUT2D eigenvalue weighted by Gasteiger charge is 2.00. The van der Waals surface area contributed by atoms with E-state index in [9.17, 15) is 4.39 Å². The highest BCUT2D eigenvalue weighted by atomic mass is 35.5. The predicted molar refractivity (Wildman–Crippen MR) is 79.6 cm³/mol. The summed E-state index contributed by atoms with van der Waals surface area (Å²) in [6, 6.07) is 12.8. The van der Waals surface area contributed by atoms with Gasteiger partial charge in [0.25, 0.3) is 0 Å². The Morgan fingerprint density at radius 1 is 1.00 bits per heavy atom. The molecule has 19 heavy (non-hydrogen) atoms. The van der Waals surface area contributed by atoms with Crippen LogP contribution in [0.1, 0.15) is 5.56 Å². The van der Waals surface area contributed by atoms with Crippen molar-refractivity contribution in [1.82, 2.24) is 0 Å². The number of rotatable bonds is 5. The first-order valence-corrected chi connectivity index (χ1v) is 6.52. The van der Waals surface area contributed by atoms with Crippen LogP contribution >= 0.6 is 11.6 Å². The fourth-order valence-corrected chi connectivity index (χ4v) is 1.96. The molecule has 0 radical (unpaired) electrons. The largest absolute Gasteiger partial charge is 0.383 e. The van der Waals surface area contributed by atoms with Gasteiger partial charge in [-0.15, -0.1) is 0 Å². The molecule has 0 aliphatic carbocycles. The third-order valence-corrected chi connectivity index (χ3v) is 3.01. The van der Waals surface area contributed by atoms with E-state index in [0.717, 1.165) is 24.5 Å². The molecule has 2 N–H and O–H groups in total. The van der Waals surface area contributed by atoms with E-state index < -0.39 is 5.82 Å². The summed E-state index contributed by atoms with van der Waals surface area (Å²) in [5, 5.41) is 6.63. The Kier molecular flexibility index (Phi) is 4.63. The SMILES string of the molecule is Cc1cccc(NCCNc2ccc(F)c(Cl)c2)c1. The molecule has 0 heterocycles. The molecule has 0 saturated carbocycles. The van der Waals surface area contributed by atoms with Gasteiger partial charge in [-0.1, -0.05) is 23.7 Å². The van der Waals surface area contributed by atoms with Gasteiger partial charge in [0.05, 0.1) is 5.02 Å². The van der Waals surface area contributed by atoms with Gasteiger partial charge < -0.3 is 10.6 Å². The van der Waals surface area contributed by atoms with Crippen LogP contribution in [0.5, 0.6) is 0 Å². The van der Waals surface area contributed by atoms with E-state index >= 15 is 0 Å². The maximum atomic E-state index is 13.0. The second-order valence-electron chi connectivity index (χ2n) is 4.35. The molecule has 0 aliphatic heterocycles. The van der Waals surface area contributed by atoms with E-state index in [2.05, 4.69) is 29.7 Å². The zero-order valence-corrected chi connectivity index (χ0v) is 11.5. The van der Waals surface area contributed by atoms with Crippen LogP contribution in [0.25, 0.3) is 0 Å². The van der Waals surface area contributed by atoms with Gasteiger partial charge in [0, 0.05) is 24.5 Å². The quantitative estimate of drug-likeness (QED) is 0.796. The highest BCUT2D eigenvalue weighted by molar-refractivity contribution is 6.31. The van der Waals surface area contributed by atoms with E-state index in [0.29, 0.717) is 0 Å². The molecule has 0 atom stereocenters. The van der Waals surface area contributed by atoms with Crippen molar-refractivity contribution in [2.45, 2.75) is 6.92 Å². The Balaban J connectivity index is 1.79. The molecule has 2 aromatic carbocycles. The van der Waals surface area contributed by atoms with E-state index in [1.165, 1.54) is 11.6 Å². The van der Waals surface area contributed by atoms with Crippen LogP contribution in [0.3, 0.4) is 0 Å². The lowest BCUT2D eigenvalue weighted by Gasteiger charge is -2.09. The van der Waals surface area contributed by atoms with Gasteiger partial charge in [-0.25, -0.2) is 4.39 Å². The van der Waals surface area contributed by atoms with Gasteiger partial charge in [-0.05, 0) is 42.8 Å². The summed E-state index contributed by atoms with van der Waals surface area (Å²) in [6.45, 7) is 3.57. The highest BCUT2D eigenvalue weighted by Crippen LogP contribution is 2.19. The van der Waals surface area contributed by atoms with Crippen LogP contribution < -0.4 is 10.6 Å². The molecule has 0 bridgehead atoms. The van der Waals surface area contributed by atoms with E-state index in [4.69, 9.17) is 11.6 Å². The Labute approximate surface area is 117 Å². The molecule has 0 amide bonds. The second-order valence-corrected chi connectivity index (χ2v) is 4.76. The van der Waals surface area contributed by atoms with Gasteiger partial charge in [-0.3, -0.25) is 0 Å². The minimum atomic E-state index is -0.398. The van der Waals surface area contributed by atoms with Gasteiger partial charge in [0.1, 0.15) is 5.82 Å². The Bertz CT molecular complexity index is 558. The molecule has 0 saturated heterocycles. The smallest absolute Gasteiger partial charge is 0.141 e. The van der Waals surface area contributed by atoms with E-state index in [-0.39, 0.29) is 5.02 Å². The summed E-state index contributed by atoms with van der Waals surface area (Å²) < 4.78 is 13.0.